The molecule has 6 nitrogen and oxygen atoms in total. The molecule has 0 aliphatic carbocycles. The third-order valence-electron chi connectivity index (χ3n) is 4.32. The van der Waals surface area contributed by atoms with Gasteiger partial charge in [-0.15, -0.1) is 5.10 Å². The molecule has 0 aliphatic heterocycles. The molecule has 0 bridgehead atoms. The number of aliphatic hydroxyl groups excluding tert-OH is 1. The first kappa shape index (κ1) is 18.2. The number of aliphatic hydroxyl groups is 1. The van der Waals surface area contributed by atoms with E-state index in [0.29, 0.717) is 22.2 Å². The lowest BCUT2D eigenvalue weighted by Crippen LogP contribution is -2.04. The van der Waals surface area contributed by atoms with E-state index in [1.807, 2.05) is 37.4 Å². The fourth-order valence-corrected chi connectivity index (χ4v) is 3.33. The summed E-state index contributed by atoms with van der Waals surface area (Å²) in [4.78, 5) is 16.1. The summed E-state index contributed by atoms with van der Waals surface area (Å²) < 4.78 is 1.71. The van der Waals surface area contributed by atoms with Gasteiger partial charge >= 0.3 is 0 Å². The largest absolute Gasteiger partial charge is 0.388 e. The first-order valence-electron chi connectivity index (χ1n) is 8.67. The maximum Gasteiger partial charge on any atom is 0.247 e. The Morgan fingerprint density at radius 3 is 2.68 bits per heavy atom. The lowest BCUT2D eigenvalue weighted by Gasteiger charge is -2.05. The number of pyridine rings is 1. The zero-order chi connectivity index (χ0) is 19.7. The number of rotatable bonds is 5. The molecule has 2 heterocycles. The van der Waals surface area contributed by atoms with Crippen LogP contribution < -0.4 is 5.32 Å². The topological polar surface area (TPSA) is 79.5 Å². The van der Waals surface area contributed by atoms with Gasteiger partial charge in [0.25, 0.3) is 0 Å². The molecule has 0 radical (unpaired) electrons. The highest BCUT2D eigenvalue weighted by atomic mass is 35.5. The summed E-state index contributed by atoms with van der Waals surface area (Å²) in [7, 11) is 0. The van der Waals surface area contributed by atoms with E-state index < -0.39 is 6.61 Å². The van der Waals surface area contributed by atoms with E-state index in [9.17, 15) is 4.79 Å². The lowest BCUT2D eigenvalue weighted by atomic mass is 10.0. The Morgan fingerprint density at radius 1 is 1.18 bits per heavy atom. The van der Waals surface area contributed by atoms with E-state index in [-0.39, 0.29) is 5.78 Å². The second kappa shape index (κ2) is 7.42. The van der Waals surface area contributed by atoms with Crippen LogP contribution in [0, 0.1) is 6.92 Å². The molecule has 0 aliphatic rings. The van der Waals surface area contributed by atoms with Gasteiger partial charge < -0.3 is 10.4 Å². The molecule has 0 saturated heterocycles. The summed E-state index contributed by atoms with van der Waals surface area (Å²) >= 11 is 6.21. The second-order valence-corrected chi connectivity index (χ2v) is 6.86. The number of ketones is 1. The van der Waals surface area contributed by atoms with Gasteiger partial charge in [0.1, 0.15) is 6.61 Å². The Morgan fingerprint density at radius 2 is 1.96 bits per heavy atom. The van der Waals surface area contributed by atoms with E-state index in [4.69, 9.17) is 16.7 Å². The number of fused-ring (bicyclic) bond motifs is 1. The summed E-state index contributed by atoms with van der Waals surface area (Å²) in [6.45, 7) is 1.49. The third kappa shape index (κ3) is 3.60. The molecule has 4 rings (SSSR count). The maximum atomic E-state index is 11.5. The number of carbonyl (C=O) groups is 1. The van der Waals surface area contributed by atoms with Crippen molar-refractivity contribution in [3.05, 3.63) is 76.9 Å². The standard InChI is InChI=1S/C21H17ClN4O2/c1-13-9-15(11-16(22)10-13)18-3-2-8-26-20(18)24-21(25-26)23-17-6-4-14(5-7-17)19(28)12-27/h2-11,27H,12H2,1H3,(H,23,25). The molecule has 0 atom stereocenters. The molecule has 2 aromatic carbocycles. The number of aryl methyl sites for hydroxylation is 1. The molecule has 0 unspecified atom stereocenters. The van der Waals surface area contributed by atoms with Crippen molar-refractivity contribution in [1.82, 2.24) is 14.6 Å². The average Bonchev–Trinajstić information content (AvgIpc) is 3.09. The number of anilines is 2. The normalized spacial score (nSPS) is 11.0. The number of Topliss-reactive ketones (excluding diaryl/α,β-unsaturated/α-hetero) is 1. The number of carbonyl (C=O) groups excluding carboxylic acids is 1. The maximum absolute atomic E-state index is 11.5. The summed E-state index contributed by atoms with van der Waals surface area (Å²) in [6, 6.07) is 16.6. The Bertz CT molecular complexity index is 1150. The van der Waals surface area contributed by atoms with Crippen molar-refractivity contribution in [1.29, 1.82) is 0 Å². The molecule has 140 valence electrons. The first-order valence-corrected chi connectivity index (χ1v) is 9.05. The molecule has 4 aromatic rings. The van der Waals surface area contributed by atoms with Gasteiger partial charge in [0, 0.05) is 28.0 Å². The Kier molecular flexibility index (Phi) is 4.81. The minimum absolute atomic E-state index is 0.320. The van der Waals surface area contributed by atoms with Crippen molar-refractivity contribution in [2.24, 2.45) is 0 Å². The minimum Gasteiger partial charge on any atom is -0.388 e. The van der Waals surface area contributed by atoms with Gasteiger partial charge in [-0.25, -0.2) is 4.52 Å². The molecule has 0 saturated carbocycles. The van der Waals surface area contributed by atoms with Crippen LogP contribution in [-0.4, -0.2) is 32.1 Å². The third-order valence-corrected chi connectivity index (χ3v) is 4.54. The lowest BCUT2D eigenvalue weighted by molar-refractivity contribution is 0.0904. The number of hydrogen-bond donors (Lipinski definition) is 2. The Balaban J connectivity index is 1.68. The highest BCUT2D eigenvalue weighted by Crippen LogP contribution is 2.28. The van der Waals surface area contributed by atoms with Crippen LogP contribution in [0.15, 0.2) is 60.8 Å². The molecule has 2 N–H and O–H groups in total. The van der Waals surface area contributed by atoms with Crippen molar-refractivity contribution in [2.75, 3.05) is 11.9 Å². The van der Waals surface area contributed by atoms with Crippen molar-refractivity contribution in [3.63, 3.8) is 0 Å². The van der Waals surface area contributed by atoms with E-state index in [1.54, 1.807) is 28.8 Å². The fourth-order valence-electron chi connectivity index (χ4n) is 3.04. The molecule has 28 heavy (non-hydrogen) atoms. The highest BCUT2D eigenvalue weighted by Gasteiger charge is 2.11. The molecule has 2 aromatic heterocycles. The van der Waals surface area contributed by atoms with Gasteiger partial charge in [0.2, 0.25) is 5.95 Å². The van der Waals surface area contributed by atoms with Crippen molar-refractivity contribution in [2.45, 2.75) is 6.92 Å². The zero-order valence-electron chi connectivity index (χ0n) is 15.1. The Hall–Kier alpha value is -3.22. The summed E-state index contributed by atoms with van der Waals surface area (Å²) in [5, 5.41) is 17.2. The molecule has 0 amide bonds. The number of halogens is 1. The number of nitrogens with one attached hydrogen (secondary N) is 1. The van der Waals surface area contributed by atoms with Crippen LogP contribution >= 0.6 is 11.6 Å². The van der Waals surface area contributed by atoms with Gasteiger partial charge in [-0.3, -0.25) is 4.79 Å². The molecule has 0 fully saturated rings. The van der Waals surface area contributed by atoms with Crippen LogP contribution in [0.4, 0.5) is 11.6 Å². The van der Waals surface area contributed by atoms with Crippen molar-refractivity contribution >= 4 is 34.7 Å². The van der Waals surface area contributed by atoms with Crippen LogP contribution in [-0.2, 0) is 0 Å². The van der Waals surface area contributed by atoms with Crippen molar-refractivity contribution in [3.8, 4) is 11.1 Å². The average molecular weight is 393 g/mol. The zero-order valence-corrected chi connectivity index (χ0v) is 15.8. The van der Waals surface area contributed by atoms with E-state index >= 15 is 0 Å². The van der Waals surface area contributed by atoms with Crippen LogP contribution in [0.25, 0.3) is 16.8 Å². The predicted octanol–water partition coefficient (Wildman–Crippen LogP) is 4.28. The monoisotopic (exact) mass is 392 g/mol. The fraction of sp³-hybridized carbons (Fsp3) is 0.0952. The molecule has 0 spiro atoms. The number of nitrogens with zero attached hydrogens (tertiary/aromatic N) is 3. The number of hydrogen-bond acceptors (Lipinski definition) is 5. The van der Waals surface area contributed by atoms with Gasteiger partial charge in [0.05, 0.1) is 0 Å². The summed E-state index contributed by atoms with van der Waals surface area (Å²) in [5.74, 6) is 0.117. The van der Waals surface area contributed by atoms with E-state index in [2.05, 4.69) is 21.5 Å². The first-order chi connectivity index (χ1) is 13.5. The highest BCUT2D eigenvalue weighted by molar-refractivity contribution is 6.31. The number of aromatic nitrogens is 3. The summed E-state index contributed by atoms with van der Waals surface area (Å²) in [6.07, 6.45) is 1.83. The van der Waals surface area contributed by atoms with Gasteiger partial charge in [-0.05, 0) is 66.6 Å². The quantitative estimate of drug-likeness (QED) is 0.495. The molecular weight excluding hydrogens is 376 g/mol. The van der Waals surface area contributed by atoms with Gasteiger partial charge in [-0.1, -0.05) is 17.7 Å². The van der Waals surface area contributed by atoms with E-state index in [1.165, 1.54) is 0 Å². The second-order valence-electron chi connectivity index (χ2n) is 6.43. The SMILES string of the molecule is Cc1cc(Cl)cc(-c2cccn3nc(Nc4ccc(C(=O)CO)cc4)nc23)c1. The van der Waals surface area contributed by atoms with Crippen LogP contribution in [0.2, 0.25) is 5.02 Å². The van der Waals surface area contributed by atoms with Crippen molar-refractivity contribution < 1.29 is 9.90 Å². The van der Waals surface area contributed by atoms with Gasteiger partial charge in [0.15, 0.2) is 11.4 Å². The van der Waals surface area contributed by atoms with Crippen LogP contribution in [0.3, 0.4) is 0 Å². The number of benzene rings is 2. The van der Waals surface area contributed by atoms with Crippen LogP contribution in [0.5, 0.6) is 0 Å². The Labute approximate surface area is 166 Å². The smallest absolute Gasteiger partial charge is 0.247 e. The van der Waals surface area contributed by atoms with Gasteiger partial charge in [-0.2, -0.15) is 4.98 Å². The van der Waals surface area contributed by atoms with Crippen LogP contribution in [0.1, 0.15) is 15.9 Å². The minimum atomic E-state index is -0.507. The summed E-state index contributed by atoms with van der Waals surface area (Å²) in [5.41, 5.74) is 4.87. The van der Waals surface area contributed by atoms with E-state index in [0.717, 1.165) is 22.4 Å². The predicted molar refractivity (Wildman–Crippen MR) is 109 cm³/mol. The molecule has 7 heteroatoms. The molecular formula is C21H17ClN4O2.